The first-order valence-corrected chi connectivity index (χ1v) is 10.7. The molecule has 4 amide bonds. The third-order valence-corrected chi connectivity index (χ3v) is 3.47. The van der Waals surface area contributed by atoms with Crippen LogP contribution in [0.1, 0.15) is 68.0 Å². The fourth-order valence-corrected chi connectivity index (χ4v) is 2.29. The predicted octanol–water partition coefficient (Wildman–Crippen LogP) is 5.02. The molecule has 0 aliphatic heterocycles. The highest BCUT2D eigenvalue weighted by Crippen LogP contribution is 2.24. The van der Waals surface area contributed by atoms with E-state index in [0.717, 1.165) is 0 Å². The van der Waals surface area contributed by atoms with Gasteiger partial charge in [0.1, 0.15) is 22.5 Å². The summed E-state index contributed by atoms with van der Waals surface area (Å²) in [4.78, 5) is 54.6. The van der Waals surface area contributed by atoms with Gasteiger partial charge in [0.2, 0.25) is 0 Å². The van der Waals surface area contributed by atoms with Gasteiger partial charge >= 0.3 is 24.4 Å². The zero-order valence-electron chi connectivity index (χ0n) is 21.6. The maximum Gasteiger partial charge on any atom is 0.424 e. The minimum absolute atomic E-state index is 0.0392. The lowest BCUT2D eigenvalue weighted by Gasteiger charge is -2.28. The predicted molar refractivity (Wildman–Crippen MR) is 127 cm³/mol. The normalized spacial score (nSPS) is 11.5. The summed E-state index contributed by atoms with van der Waals surface area (Å²) in [7, 11) is 0. The van der Waals surface area contributed by atoms with Crippen LogP contribution in [0.25, 0.3) is 0 Å². The number of ether oxygens (including phenoxy) is 3. The largest absolute Gasteiger partial charge is 0.464 e. The molecule has 0 aliphatic carbocycles. The average molecular weight is 492 g/mol. The van der Waals surface area contributed by atoms with Crippen LogP contribution in [0.3, 0.4) is 0 Å². The quantitative estimate of drug-likeness (QED) is 0.446. The molecule has 0 saturated carbocycles. The van der Waals surface area contributed by atoms with E-state index < -0.39 is 47.7 Å². The van der Waals surface area contributed by atoms with E-state index in [2.05, 4.69) is 16.8 Å². The summed E-state index contributed by atoms with van der Waals surface area (Å²) < 4.78 is 15.8. The molecule has 0 saturated heterocycles. The molecule has 1 aromatic heterocycles. The Morgan fingerprint density at radius 1 is 0.857 bits per heavy atom. The van der Waals surface area contributed by atoms with Crippen molar-refractivity contribution >= 4 is 30.1 Å². The molecule has 1 rings (SSSR count). The topological polar surface area (TPSA) is 136 Å². The molecule has 0 unspecified atom stereocenters. The van der Waals surface area contributed by atoms with E-state index in [1.807, 2.05) is 0 Å². The van der Waals surface area contributed by atoms with Crippen molar-refractivity contribution in [2.45, 2.75) is 79.1 Å². The summed E-state index contributed by atoms with van der Waals surface area (Å²) in [5.41, 5.74) is -2.82. The standard InChI is InChI=1S/C24H33N3O8/c1-22(2,3)33-19(30)26(18(28)29)15-11-12-16-17(13-10-14-25-16)27(20(31)34-23(4,5)6)21(32)35-24(7,8)9/h10,13-14H,15H2,1-9H3,(H,28,29). The molecule has 11 heteroatoms. The lowest BCUT2D eigenvalue weighted by molar-refractivity contribution is 0.0290. The maximum atomic E-state index is 12.9. The molecule has 1 heterocycles. The van der Waals surface area contributed by atoms with Crippen molar-refractivity contribution < 1.29 is 38.5 Å². The minimum atomic E-state index is -1.56. The molecule has 0 radical (unpaired) electrons. The Kier molecular flexibility index (Phi) is 9.25. The zero-order valence-corrected chi connectivity index (χ0v) is 21.6. The number of pyridine rings is 1. The van der Waals surface area contributed by atoms with Gasteiger partial charge in [0.15, 0.2) is 0 Å². The van der Waals surface area contributed by atoms with Crippen LogP contribution in [-0.4, -0.2) is 62.7 Å². The van der Waals surface area contributed by atoms with Gasteiger partial charge in [-0.2, -0.15) is 4.90 Å². The van der Waals surface area contributed by atoms with E-state index in [1.54, 1.807) is 62.3 Å². The van der Waals surface area contributed by atoms with Crippen molar-refractivity contribution in [3.8, 4) is 11.8 Å². The number of anilines is 1. The number of nitrogens with zero attached hydrogens (tertiary/aromatic N) is 3. The summed E-state index contributed by atoms with van der Waals surface area (Å²) >= 11 is 0. The molecule has 0 bridgehead atoms. The Morgan fingerprint density at radius 2 is 1.31 bits per heavy atom. The van der Waals surface area contributed by atoms with Gasteiger partial charge in [-0.05, 0) is 80.4 Å². The van der Waals surface area contributed by atoms with Crippen LogP contribution in [0, 0.1) is 11.8 Å². The number of carbonyl (C=O) groups excluding carboxylic acids is 3. The smallest absolute Gasteiger partial charge is 0.424 e. The third-order valence-electron chi connectivity index (χ3n) is 3.47. The molecule has 0 fully saturated rings. The van der Waals surface area contributed by atoms with Crippen molar-refractivity contribution in [1.82, 2.24) is 9.88 Å². The lowest BCUT2D eigenvalue weighted by Crippen LogP contribution is -2.44. The second-order valence-electron chi connectivity index (χ2n) is 10.3. The first-order chi connectivity index (χ1) is 15.8. The summed E-state index contributed by atoms with van der Waals surface area (Å²) in [6, 6.07) is 2.89. The van der Waals surface area contributed by atoms with Crippen LogP contribution in [0.15, 0.2) is 18.3 Å². The molecule has 0 aromatic carbocycles. The first kappa shape index (κ1) is 29.2. The zero-order chi connectivity index (χ0) is 27.2. The number of imide groups is 2. The van der Waals surface area contributed by atoms with Crippen LogP contribution in [0.4, 0.5) is 24.9 Å². The summed E-state index contributed by atoms with van der Waals surface area (Å²) in [6.07, 6.45) is -3.30. The van der Waals surface area contributed by atoms with Crippen molar-refractivity contribution in [2.75, 3.05) is 11.4 Å². The van der Waals surface area contributed by atoms with Crippen LogP contribution in [0.2, 0.25) is 0 Å². The Balaban J connectivity index is 3.38. The van der Waals surface area contributed by atoms with Crippen molar-refractivity contribution in [3.63, 3.8) is 0 Å². The van der Waals surface area contributed by atoms with Crippen LogP contribution in [0.5, 0.6) is 0 Å². The average Bonchev–Trinajstić information content (AvgIpc) is 2.61. The van der Waals surface area contributed by atoms with Gasteiger partial charge in [-0.1, -0.05) is 5.92 Å². The number of carbonyl (C=O) groups is 4. The second kappa shape index (κ2) is 11.1. The molecule has 0 aliphatic rings. The monoisotopic (exact) mass is 491 g/mol. The lowest BCUT2D eigenvalue weighted by atomic mass is 10.2. The molecule has 192 valence electrons. The molecule has 35 heavy (non-hydrogen) atoms. The Labute approximate surface area is 205 Å². The Hall–Kier alpha value is -3.81. The van der Waals surface area contributed by atoms with Crippen molar-refractivity contribution in [3.05, 3.63) is 24.0 Å². The number of aromatic nitrogens is 1. The fourth-order valence-electron chi connectivity index (χ4n) is 2.29. The Bertz CT molecular complexity index is 992. The molecule has 1 N–H and O–H groups in total. The van der Waals surface area contributed by atoms with Crippen molar-refractivity contribution in [1.29, 1.82) is 0 Å². The highest BCUT2D eigenvalue weighted by atomic mass is 16.6. The van der Waals surface area contributed by atoms with E-state index in [9.17, 15) is 24.3 Å². The summed E-state index contributed by atoms with van der Waals surface area (Å²) in [5.74, 6) is 5.12. The number of carboxylic acid groups (broad SMARTS) is 1. The van der Waals surface area contributed by atoms with Gasteiger partial charge < -0.3 is 19.3 Å². The van der Waals surface area contributed by atoms with E-state index in [-0.39, 0.29) is 11.4 Å². The number of amides is 4. The third kappa shape index (κ3) is 10.3. The van der Waals surface area contributed by atoms with Gasteiger partial charge in [0.25, 0.3) is 0 Å². The van der Waals surface area contributed by atoms with Crippen LogP contribution in [-0.2, 0) is 14.2 Å². The molecular weight excluding hydrogens is 458 g/mol. The summed E-state index contributed by atoms with van der Waals surface area (Å²) in [6.45, 7) is 14.1. The second-order valence-corrected chi connectivity index (χ2v) is 10.3. The fraction of sp³-hybridized carbons (Fsp3) is 0.542. The van der Waals surface area contributed by atoms with E-state index in [0.29, 0.717) is 9.80 Å². The maximum absolute atomic E-state index is 12.9. The van der Waals surface area contributed by atoms with Gasteiger partial charge in [0.05, 0.1) is 12.2 Å². The number of hydrogen-bond acceptors (Lipinski definition) is 8. The first-order valence-electron chi connectivity index (χ1n) is 10.7. The molecule has 0 atom stereocenters. The van der Waals surface area contributed by atoms with Gasteiger partial charge in [-0.25, -0.2) is 29.1 Å². The van der Waals surface area contributed by atoms with E-state index in [1.165, 1.54) is 18.3 Å². The highest BCUT2D eigenvalue weighted by Gasteiger charge is 2.34. The van der Waals surface area contributed by atoms with Crippen LogP contribution >= 0.6 is 0 Å². The van der Waals surface area contributed by atoms with E-state index in [4.69, 9.17) is 14.2 Å². The molecule has 0 spiro atoms. The van der Waals surface area contributed by atoms with Crippen LogP contribution < -0.4 is 4.90 Å². The van der Waals surface area contributed by atoms with Crippen molar-refractivity contribution in [2.24, 2.45) is 0 Å². The number of hydrogen-bond donors (Lipinski definition) is 1. The summed E-state index contributed by atoms with van der Waals surface area (Å²) in [5, 5.41) is 9.35. The number of rotatable bonds is 2. The Morgan fingerprint density at radius 3 is 1.74 bits per heavy atom. The SMILES string of the molecule is CC(C)(C)OC(=O)N(CC#Cc1ncccc1N(C(=O)OC(C)(C)C)C(=O)OC(C)(C)C)C(=O)O. The van der Waals surface area contributed by atoms with Gasteiger partial charge in [-0.3, -0.25) is 0 Å². The highest BCUT2D eigenvalue weighted by molar-refractivity contribution is 6.10. The molecular formula is C24H33N3O8. The van der Waals surface area contributed by atoms with Gasteiger partial charge in [-0.15, -0.1) is 0 Å². The van der Waals surface area contributed by atoms with E-state index >= 15 is 0 Å². The minimum Gasteiger partial charge on any atom is -0.464 e. The molecule has 1 aromatic rings. The molecule has 11 nitrogen and oxygen atoms in total. The van der Waals surface area contributed by atoms with Gasteiger partial charge in [0, 0.05) is 6.20 Å².